The number of piperidine rings is 1. The molecule has 1 aliphatic carbocycles. The fourth-order valence-corrected chi connectivity index (χ4v) is 5.56. The van der Waals surface area contributed by atoms with Crippen molar-refractivity contribution in [2.75, 3.05) is 13.1 Å². The number of halogens is 3. The van der Waals surface area contributed by atoms with E-state index in [1.807, 2.05) is 4.90 Å². The number of carbonyl (C=O) groups is 2. The van der Waals surface area contributed by atoms with Gasteiger partial charge in [0.25, 0.3) is 5.91 Å². The molecule has 0 radical (unpaired) electrons. The van der Waals surface area contributed by atoms with Crippen molar-refractivity contribution in [3.8, 4) is 0 Å². The predicted octanol–water partition coefficient (Wildman–Crippen LogP) is 3.08. The summed E-state index contributed by atoms with van der Waals surface area (Å²) in [7, 11) is -3.51. The molecule has 0 bridgehead atoms. The molecule has 2 N–H and O–H groups in total. The first-order valence-electron chi connectivity index (χ1n) is 10.5. The van der Waals surface area contributed by atoms with E-state index in [9.17, 15) is 26.4 Å². The van der Waals surface area contributed by atoms with Crippen LogP contribution >= 0.6 is 0 Å². The van der Waals surface area contributed by atoms with Gasteiger partial charge in [-0.25, -0.2) is 17.9 Å². The third-order valence-corrected chi connectivity index (χ3v) is 7.72. The van der Waals surface area contributed by atoms with Crippen LogP contribution in [0.2, 0.25) is 0 Å². The maximum Gasteiger partial charge on any atom is 0.490 e. The zero-order valence-electron chi connectivity index (χ0n) is 18.0. The number of hydrogen-bond acceptors (Lipinski definition) is 5. The number of hydrogen-bond donors (Lipinski definition) is 2. The second-order valence-corrected chi connectivity index (χ2v) is 9.93. The highest BCUT2D eigenvalue weighted by atomic mass is 32.2. The highest BCUT2D eigenvalue weighted by Gasteiger charge is 2.50. The van der Waals surface area contributed by atoms with E-state index in [-0.39, 0.29) is 17.4 Å². The Hall–Kier alpha value is -2.99. The van der Waals surface area contributed by atoms with Gasteiger partial charge in [-0.05, 0) is 55.4 Å². The lowest BCUT2D eigenvalue weighted by Gasteiger charge is -2.53. The molecule has 1 amide bonds. The maximum absolute atomic E-state index is 12.6. The lowest BCUT2D eigenvalue weighted by molar-refractivity contribution is -0.192. The van der Waals surface area contributed by atoms with Gasteiger partial charge in [-0.2, -0.15) is 13.2 Å². The molecule has 2 aliphatic rings. The molecule has 8 nitrogen and oxygen atoms in total. The van der Waals surface area contributed by atoms with Crippen LogP contribution in [0.5, 0.6) is 0 Å². The van der Waals surface area contributed by atoms with E-state index in [1.165, 1.54) is 0 Å². The largest absolute Gasteiger partial charge is 0.490 e. The van der Waals surface area contributed by atoms with E-state index in [4.69, 9.17) is 9.90 Å². The molecule has 1 saturated heterocycles. The quantitative estimate of drug-likeness (QED) is 0.668. The second kappa shape index (κ2) is 10.1. The number of carboxylic acid groups (broad SMARTS) is 1. The average Bonchev–Trinajstić information content (AvgIpc) is 2.82. The topological polar surface area (TPSA) is 117 Å². The molecule has 1 unspecified atom stereocenters. The van der Waals surface area contributed by atoms with E-state index in [0.29, 0.717) is 23.5 Å². The van der Waals surface area contributed by atoms with Crippen molar-refractivity contribution in [1.29, 1.82) is 0 Å². The number of carboxylic acids is 1. The number of benzene rings is 1. The number of pyridine rings is 1. The summed E-state index contributed by atoms with van der Waals surface area (Å²) < 4.78 is 59.9. The van der Waals surface area contributed by atoms with Gasteiger partial charge in [0.05, 0.1) is 4.90 Å². The first-order valence-corrected chi connectivity index (χ1v) is 12.0. The molecule has 2 fully saturated rings. The number of rotatable bonds is 4. The van der Waals surface area contributed by atoms with Crippen LogP contribution in [0.25, 0.3) is 0 Å². The monoisotopic (exact) mass is 499 g/mol. The van der Waals surface area contributed by atoms with Crippen molar-refractivity contribution >= 4 is 21.9 Å². The van der Waals surface area contributed by atoms with E-state index in [2.05, 4.69) is 9.71 Å². The SMILES string of the molecule is O=C(O)C(F)(F)F.O=C(c1ccncc1)N1CCC2(CCC2NS(=O)(=O)c2ccccc2)CC1. The molecule has 184 valence electrons. The van der Waals surface area contributed by atoms with Crippen LogP contribution in [0.3, 0.4) is 0 Å². The Morgan fingerprint density at radius 1 is 1.03 bits per heavy atom. The minimum absolute atomic E-state index is 0.0213. The summed E-state index contributed by atoms with van der Waals surface area (Å²) in [6, 6.07) is 11.9. The van der Waals surface area contributed by atoms with Gasteiger partial charge in [0.1, 0.15) is 0 Å². The molecule has 1 aromatic carbocycles. The summed E-state index contributed by atoms with van der Waals surface area (Å²) in [6.07, 6.45) is 1.67. The third kappa shape index (κ3) is 5.92. The molecule has 2 heterocycles. The third-order valence-electron chi connectivity index (χ3n) is 6.24. The number of sulfonamides is 1. The molecule has 1 atom stereocenters. The lowest BCUT2D eigenvalue weighted by atomic mass is 9.59. The van der Waals surface area contributed by atoms with Gasteiger partial charge in [0.15, 0.2) is 0 Å². The Bertz CT molecular complexity index is 1100. The molecule has 4 rings (SSSR count). The van der Waals surface area contributed by atoms with E-state index in [0.717, 1.165) is 25.7 Å². The Labute approximate surface area is 194 Å². The van der Waals surface area contributed by atoms with E-state index < -0.39 is 22.2 Å². The average molecular weight is 500 g/mol. The molecule has 34 heavy (non-hydrogen) atoms. The number of carbonyl (C=O) groups excluding carboxylic acids is 1. The van der Waals surface area contributed by atoms with Crippen molar-refractivity contribution in [3.05, 3.63) is 60.4 Å². The standard InChI is InChI=1S/C20H23N3O3S.C2HF3O2/c24-19(16-7-12-21-13-8-16)23-14-10-20(11-15-23)9-6-18(20)22-27(25,26)17-4-2-1-3-5-17;3-2(4,5)1(6)7/h1-5,7-8,12-13,18,22H,6,9-11,14-15H2;(H,6,7). The number of aromatic nitrogens is 1. The van der Waals surface area contributed by atoms with Crippen LogP contribution in [-0.2, 0) is 14.8 Å². The Kier molecular flexibility index (Phi) is 7.61. The number of aliphatic carboxylic acids is 1. The van der Waals surface area contributed by atoms with Crippen LogP contribution in [0.15, 0.2) is 59.8 Å². The smallest absolute Gasteiger partial charge is 0.475 e. The van der Waals surface area contributed by atoms with Crippen molar-refractivity contribution in [2.45, 2.75) is 42.8 Å². The van der Waals surface area contributed by atoms with Gasteiger partial charge >= 0.3 is 12.1 Å². The van der Waals surface area contributed by atoms with Crippen molar-refractivity contribution < 1.29 is 36.3 Å². The summed E-state index contributed by atoms with van der Waals surface area (Å²) in [5, 5.41) is 7.12. The summed E-state index contributed by atoms with van der Waals surface area (Å²) in [4.78, 5) is 27.6. The summed E-state index contributed by atoms with van der Waals surface area (Å²) in [6.45, 7) is 1.31. The van der Waals surface area contributed by atoms with Crippen LogP contribution < -0.4 is 4.72 Å². The Morgan fingerprint density at radius 2 is 1.59 bits per heavy atom. The van der Waals surface area contributed by atoms with E-state index >= 15 is 0 Å². The van der Waals surface area contributed by atoms with E-state index in [1.54, 1.807) is 54.9 Å². The zero-order valence-corrected chi connectivity index (χ0v) is 18.8. The highest BCUT2D eigenvalue weighted by molar-refractivity contribution is 7.89. The van der Waals surface area contributed by atoms with Gasteiger partial charge < -0.3 is 10.0 Å². The van der Waals surface area contributed by atoms with Gasteiger partial charge in [-0.15, -0.1) is 0 Å². The summed E-state index contributed by atoms with van der Waals surface area (Å²) in [5.74, 6) is -2.74. The predicted molar refractivity (Wildman–Crippen MR) is 115 cm³/mol. The fraction of sp³-hybridized carbons (Fsp3) is 0.409. The number of nitrogens with zero attached hydrogens (tertiary/aromatic N) is 2. The first kappa shape index (κ1) is 25.6. The van der Waals surface area contributed by atoms with Crippen LogP contribution in [0, 0.1) is 5.41 Å². The number of likely N-dealkylation sites (tertiary alicyclic amines) is 1. The molecule has 1 saturated carbocycles. The van der Waals surface area contributed by atoms with Crippen LogP contribution in [0.4, 0.5) is 13.2 Å². The van der Waals surface area contributed by atoms with Gasteiger partial charge in [-0.3, -0.25) is 9.78 Å². The molecule has 1 spiro atoms. The highest BCUT2D eigenvalue weighted by Crippen LogP contribution is 2.49. The molecule has 2 aromatic rings. The fourth-order valence-electron chi connectivity index (χ4n) is 4.17. The summed E-state index contributed by atoms with van der Waals surface area (Å²) in [5.41, 5.74) is 0.618. The summed E-state index contributed by atoms with van der Waals surface area (Å²) >= 11 is 0. The molecule has 1 aromatic heterocycles. The van der Waals surface area contributed by atoms with Crippen LogP contribution in [-0.4, -0.2) is 60.6 Å². The number of amides is 1. The second-order valence-electron chi connectivity index (χ2n) is 8.22. The number of nitrogens with one attached hydrogen (secondary N) is 1. The molecular formula is C22H24F3N3O5S. The van der Waals surface area contributed by atoms with Gasteiger partial charge in [0, 0.05) is 37.1 Å². The molecule has 1 aliphatic heterocycles. The normalized spacial score (nSPS) is 19.5. The van der Waals surface area contributed by atoms with Crippen molar-refractivity contribution in [2.24, 2.45) is 5.41 Å². The van der Waals surface area contributed by atoms with Gasteiger partial charge in [-0.1, -0.05) is 18.2 Å². The lowest BCUT2D eigenvalue weighted by Crippen LogP contribution is -2.59. The Balaban J connectivity index is 0.000000406. The minimum Gasteiger partial charge on any atom is -0.475 e. The minimum atomic E-state index is -5.08. The zero-order chi connectivity index (χ0) is 25.0. The van der Waals surface area contributed by atoms with Gasteiger partial charge in [0.2, 0.25) is 10.0 Å². The molecular weight excluding hydrogens is 475 g/mol. The molecule has 12 heteroatoms. The Morgan fingerprint density at radius 3 is 2.06 bits per heavy atom. The number of alkyl halides is 3. The maximum atomic E-state index is 12.6. The van der Waals surface area contributed by atoms with Crippen molar-refractivity contribution in [1.82, 2.24) is 14.6 Å². The first-order chi connectivity index (χ1) is 15.9. The van der Waals surface area contributed by atoms with Crippen LogP contribution in [0.1, 0.15) is 36.0 Å². The van der Waals surface area contributed by atoms with Crippen molar-refractivity contribution in [3.63, 3.8) is 0 Å².